The Labute approximate surface area is 190 Å². The molecule has 0 aromatic heterocycles. The zero-order valence-corrected chi connectivity index (χ0v) is 20.1. The Morgan fingerprint density at radius 3 is 2.43 bits per heavy atom. The highest BCUT2D eigenvalue weighted by Crippen LogP contribution is 2.71. The molecule has 0 radical (unpaired) electrons. The highest BCUT2D eigenvalue weighted by Gasteiger charge is 2.72. The van der Waals surface area contributed by atoms with Crippen molar-refractivity contribution in [2.45, 2.75) is 92.3 Å². The second-order valence-electron chi connectivity index (χ2n) is 10.1. The molecule has 0 heterocycles. The van der Waals surface area contributed by atoms with E-state index in [1.54, 1.807) is 6.92 Å². The molecule has 4 fully saturated rings. The molecule has 4 rings (SSSR count). The van der Waals surface area contributed by atoms with Crippen LogP contribution in [-0.2, 0) is 14.3 Å². The summed E-state index contributed by atoms with van der Waals surface area (Å²) in [5.41, 5.74) is -2.88. The number of Topliss-reactive ketones (excluding diaryl/α,β-unsaturated/α-hetero) is 1. The summed E-state index contributed by atoms with van der Waals surface area (Å²) in [6, 6.07) is 0. The number of hydrogen-bond donors (Lipinski definition) is 0. The van der Waals surface area contributed by atoms with E-state index in [9.17, 15) is 22.8 Å². The zero-order valence-electron chi connectivity index (χ0n) is 17.0. The van der Waals surface area contributed by atoms with Gasteiger partial charge in [-0.25, -0.2) is 9.18 Å². The number of hydrogen-bond acceptors (Lipinski definition) is 3. The third kappa shape index (κ3) is 2.92. The van der Waals surface area contributed by atoms with Crippen LogP contribution < -0.4 is 0 Å². The largest absolute Gasteiger partial charge is 0.490 e. The normalized spacial score (nSPS) is 51.0. The number of halogens is 6. The van der Waals surface area contributed by atoms with Gasteiger partial charge in [-0.1, -0.05) is 38.8 Å². The molecular formula is C21H26Br2F4O3. The molecular weight excluding hydrogens is 536 g/mol. The monoisotopic (exact) mass is 560 g/mol. The highest BCUT2D eigenvalue weighted by molar-refractivity contribution is 9.12. The van der Waals surface area contributed by atoms with Gasteiger partial charge in [0, 0.05) is 22.0 Å². The fourth-order valence-corrected chi connectivity index (χ4v) is 9.29. The first-order valence-corrected chi connectivity index (χ1v) is 12.2. The second kappa shape index (κ2) is 6.91. The van der Waals surface area contributed by atoms with Crippen molar-refractivity contribution in [2.24, 2.45) is 22.7 Å². The lowest BCUT2D eigenvalue weighted by atomic mass is 9.44. The summed E-state index contributed by atoms with van der Waals surface area (Å²) in [6.45, 7) is 3.85. The number of fused-ring (bicyclic) bond motifs is 5. The summed E-state index contributed by atoms with van der Waals surface area (Å²) in [7, 11) is 0. The van der Waals surface area contributed by atoms with Gasteiger partial charge in [0.05, 0.1) is 5.41 Å². The number of alkyl halides is 6. The van der Waals surface area contributed by atoms with Crippen LogP contribution in [0.2, 0.25) is 0 Å². The Morgan fingerprint density at radius 2 is 1.80 bits per heavy atom. The number of rotatable bonds is 1. The van der Waals surface area contributed by atoms with Crippen LogP contribution in [0.5, 0.6) is 0 Å². The van der Waals surface area contributed by atoms with Gasteiger partial charge in [0.2, 0.25) is 0 Å². The number of ketones is 1. The topological polar surface area (TPSA) is 43.4 Å². The van der Waals surface area contributed by atoms with E-state index in [2.05, 4.69) is 38.8 Å². The standard InChI is InChI=1S/C21H26Br2F4O3/c1-17-6-3-11(30-16(29)21(25,26)27)10-19(17,23)14(22)9-13-12(17)4-7-18(2)15(28)5-8-20(13,18)24/h11-14H,3-10H2,1-2H3/t11-,12-,13+,14+,17+,18+,19-,20+/m0/s1. The molecule has 4 aliphatic carbocycles. The Hall–Kier alpha value is -0.180. The SMILES string of the molecule is C[C@]12CC[C@H]3[C@@H](C[C@@H](Br)[C@@]4(Br)C[C@@H](OC(=O)C(F)(F)F)CC[C@]34C)[C@]1(F)CCC2=O. The fraction of sp³-hybridized carbons (Fsp3) is 0.905. The van der Waals surface area contributed by atoms with Crippen molar-refractivity contribution in [3.8, 4) is 0 Å². The van der Waals surface area contributed by atoms with Gasteiger partial charge in [-0.15, -0.1) is 0 Å². The Bertz CT molecular complexity index is 776. The lowest BCUT2D eigenvalue weighted by Crippen LogP contribution is -2.68. The predicted octanol–water partition coefficient (Wildman–Crippen LogP) is 6.06. The summed E-state index contributed by atoms with van der Waals surface area (Å²) < 4.78 is 58.7. The fourth-order valence-electron chi connectivity index (χ4n) is 7.14. The number of esters is 1. The minimum Gasteiger partial charge on any atom is -0.456 e. The second-order valence-corrected chi connectivity index (χ2v) is 12.6. The molecule has 4 aliphatic rings. The summed E-state index contributed by atoms with van der Waals surface area (Å²) in [5, 5.41) is 0. The molecule has 0 amide bonds. The van der Waals surface area contributed by atoms with Crippen molar-refractivity contribution >= 4 is 43.6 Å². The quantitative estimate of drug-likeness (QED) is 0.222. The van der Waals surface area contributed by atoms with Crippen LogP contribution in [0.1, 0.15) is 65.2 Å². The van der Waals surface area contributed by atoms with E-state index in [4.69, 9.17) is 4.74 Å². The third-order valence-electron chi connectivity index (χ3n) is 9.02. The average Bonchev–Trinajstić information content (AvgIpc) is 2.88. The molecule has 0 spiro atoms. The van der Waals surface area contributed by atoms with E-state index in [0.29, 0.717) is 25.7 Å². The smallest absolute Gasteiger partial charge is 0.456 e. The van der Waals surface area contributed by atoms with Crippen molar-refractivity contribution < 1.29 is 31.9 Å². The Balaban J connectivity index is 1.63. The molecule has 0 bridgehead atoms. The van der Waals surface area contributed by atoms with E-state index < -0.39 is 39.1 Å². The van der Waals surface area contributed by atoms with Crippen molar-refractivity contribution in [1.82, 2.24) is 0 Å². The van der Waals surface area contributed by atoms with Gasteiger partial charge in [-0.2, -0.15) is 13.2 Å². The molecule has 170 valence electrons. The van der Waals surface area contributed by atoms with Crippen LogP contribution in [0.3, 0.4) is 0 Å². The molecule has 0 aromatic rings. The zero-order chi connectivity index (χ0) is 22.3. The molecule has 9 heteroatoms. The van der Waals surface area contributed by atoms with E-state index in [1.807, 2.05) is 0 Å². The van der Waals surface area contributed by atoms with Crippen molar-refractivity contribution in [3.05, 3.63) is 0 Å². The number of carbonyl (C=O) groups is 2. The minimum atomic E-state index is -5.02. The maximum absolute atomic E-state index is 16.5. The molecule has 0 aromatic carbocycles. The molecule has 0 aliphatic heterocycles. The predicted molar refractivity (Wildman–Crippen MR) is 109 cm³/mol. The first-order valence-electron chi connectivity index (χ1n) is 10.5. The molecule has 0 N–H and O–H groups in total. The molecule has 4 saturated carbocycles. The van der Waals surface area contributed by atoms with E-state index in [1.165, 1.54) is 0 Å². The van der Waals surface area contributed by atoms with Crippen LogP contribution in [-0.4, -0.2) is 38.9 Å². The molecule has 8 atom stereocenters. The first-order chi connectivity index (χ1) is 13.7. The number of ether oxygens (including phenoxy) is 1. The van der Waals surface area contributed by atoms with Gasteiger partial charge in [0.1, 0.15) is 17.6 Å². The molecule has 0 unspecified atom stereocenters. The van der Waals surface area contributed by atoms with E-state index >= 15 is 4.39 Å². The summed E-state index contributed by atoms with van der Waals surface area (Å²) >= 11 is 7.55. The lowest BCUT2D eigenvalue weighted by Gasteiger charge is -2.66. The van der Waals surface area contributed by atoms with Gasteiger partial charge < -0.3 is 4.74 Å². The first kappa shape index (κ1) is 23.0. The molecule has 0 saturated heterocycles. The van der Waals surface area contributed by atoms with E-state index in [0.717, 1.165) is 6.42 Å². The van der Waals surface area contributed by atoms with Crippen LogP contribution in [0.4, 0.5) is 17.6 Å². The molecule has 3 nitrogen and oxygen atoms in total. The highest BCUT2D eigenvalue weighted by atomic mass is 79.9. The Morgan fingerprint density at radius 1 is 1.13 bits per heavy atom. The van der Waals surface area contributed by atoms with E-state index in [-0.39, 0.29) is 41.7 Å². The third-order valence-corrected chi connectivity index (χ3v) is 12.6. The summed E-state index contributed by atoms with van der Waals surface area (Å²) in [6.07, 6.45) is -2.56. The maximum Gasteiger partial charge on any atom is 0.490 e. The van der Waals surface area contributed by atoms with Crippen LogP contribution in [0, 0.1) is 22.7 Å². The number of carbonyl (C=O) groups excluding carboxylic acids is 2. The van der Waals surface area contributed by atoms with Gasteiger partial charge in [0.15, 0.2) is 0 Å². The van der Waals surface area contributed by atoms with Crippen LogP contribution in [0.15, 0.2) is 0 Å². The summed E-state index contributed by atoms with van der Waals surface area (Å²) in [5.74, 6) is -2.42. The minimum absolute atomic E-state index is 0.00826. The lowest BCUT2D eigenvalue weighted by molar-refractivity contribution is -0.210. The van der Waals surface area contributed by atoms with Gasteiger partial charge >= 0.3 is 12.1 Å². The van der Waals surface area contributed by atoms with Gasteiger partial charge in [-0.3, -0.25) is 4.79 Å². The summed E-state index contributed by atoms with van der Waals surface area (Å²) in [4.78, 5) is 23.7. The van der Waals surface area contributed by atoms with Gasteiger partial charge in [-0.05, 0) is 62.7 Å². The van der Waals surface area contributed by atoms with Crippen LogP contribution in [0.25, 0.3) is 0 Å². The van der Waals surface area contributed by atoms with Gasteiger partial charge in [0.25, 0.3) is 0 Å². The van der Waals surface area contributed by atoms with Crippen molar-refractivity contribution in [3.63, 3.8) is 0 Å². The van der Waals surface area contributed by atoms with Crippen LogP contribution >= 0.6 is 31.9 Å². The van der Waals surface area contributed by atoms with Crippen molar-refractivity contribution in [2.75, 3.05) is 0 Å². The maximum atomic E-state index is 16.5. The van der Waals surface area contributed by atoms with Crippen molar-refractivity contribution in [1.29, 1.82) is 0 Å². The average molecular weight is 562 g/mol. The molecule has 30 heavy (non-hydrogen) atoms. The Kier molecular flexibility index (Phi) is 5.30.